The first-order valence-corrected chi connectivity index (χ1v) is 7.52. The fourth-order valence-electron chi connectivity index (χ4n) is 4.15. The maximum atomic E-state index is 12.2. The van der Waals surface area contributed by atoms with Crippen molar-refractivity contribution in [2.75, 3.05) is 25.5 Å². The summed E-state index contributed by atoms with van der Waals surface area (Å²) in [6.45, 7) is 5.72. The van der Waals surface area contributed by atoms with Crippen LogP contribution in [0.4, 0.5) is 5.69 Å². The van der Waals surface area contributed by atoms with Gasteiger partial charge in [0.15, 0.2) is 0 Å². The number of likely N-dealkylation sites (N-methyl/N-ethyl adjacent to an activating group) is 1. The molecule has 5 heteroatoms. The molecule has 2 heterocycles. The monoisotopic (exact) mass is 289 g/mol. The summed E-state index contributed by atoms with van der Waals surface area (Å²) in [5, 5.41) is 2.89. The van der Waals surface area contributed by atoms with E-state index in [1.807, 2.05) is 19.2 Å². The van der Waals surface area contributed by atoms with Crippen LogP contribution in [-0.2, 0) is 9.53 Å². The molecule has 1 aromatic rings. The van der Waals surface area contributed by atoms with E-state index in [1.54, 1.807) is 12.4 Å². The average molecular weight is 289 g/mol. The summed E-state index contributed by atoms with van der Waals surface area (Å²) in [6, 6.07) is 4.07. The molecule has 1 aliphatic heterocycles. The lowest BCUT2D eigenvalue weighted by atomic mass is 9.57. The molecular formula is C16H23N3O2. The van der Waals surface area contributed by atoms with Gasteiger partial charge < -0.3 is 10.1 Å². The Balaban J connectivity index is 1.59. The first-order valence-electron chi connectivity index (χ1n) is 7.52. The number of nitrogens with zero attached hydrogens (tertiary/aromatic N) is 2. The van der Waals surface area contributed by atoms with Gasteiger partial charge in [-0.1, -0.05) is 13.8 Å². The lowest BCUT2D eigenvalue weighted by Gasteiger charge is -2.57. The standard InChI is InChI=1S/C16H23N3O2/c1-16(2)14(12-6-8-21-15(12)16)19(3)10-13(20)18-11-5-4-7-17-9-11/h4-5,7,9,12,14-15H,6,8,10H2,1-3H3,(H,18,20)/t12-,14+,15-/m0/s1. The van der Waals surface area contributed by atoms with E-state index >= 15 is 0 Å². The van der Waals surface area contributed by atoms with Crippen molar-refractivity contribution in [3.05, 3.63) is 24.5 Å². The SMILES string of the molecule is CN(CC(=O)Nc1cccnc1)[C@@H]1[C@@H]2CCO[C@@H]2C1(C)C. The van der Waals surface area contributed by atoms with Crippen LogP contribution in [0.5, 0.6) is 0 Å². The highest BCUT2D eigenvalue weighted by Gasteiger charge is 2.60. The Morgan fingerprint density at radius 3 is 3.10 bits per heavy atom. The van der Waals surface area contributed by atoms with Crippen LogP contribution in [0.2, 0.25) is 0 Å². The van der Waals surface area contributed by atoms with E-state index in [-0.39, 0.29) is 11.3 Å². The van der Waals surface area contributed by atoms with E-state index in [9.17, 15) is 4.79 Å². The third-order valence-electron chi connectivity index (χ3n) is 4.85. The molecule has 1 N–H and O–H groups in total. The minimum absolute atomic E-state index is 0.00339. The molecule has 1 saturated heterocycles. The van der Waals surface area contributed by atoms with Crippen molar-refractivity contribution in [1.82, 2.24) is 9.88 Å². The molecule has 0 bridgehead atoms. The summed E-state index contributed by atoms with van der Waals surface area (Å²) in [5.74, 6) is 0.569. The van der Waals surface area contributed by atoms with Crippen LogP contribution < -0.4 is 5.32 Å². The predicted molar refractivity (Wildman–Crippen MR) is 80.9 cm³/mol. The van der Waals surface area contributed by atoms with Crippen LogP contribution in [0.15, 0.2) is 24.5 Å². The van der Waals surface area contributed by atoms with Gasteiger partial charge in [0.1, 0.15) is 0 Å². The van der Waals surface area contributed by atoms with Crippen LogP contribution in [0.3, 0.4) is 0 Å². The van der Waals surface area contributed by atoms with Gasteiger partial charge >= 0.3 is 0 Å². The number of nitrogens with one attached hydrogen (secondary N) is 1. The zero-order valence-electron chi connectivity index (χ0n) is 12.9. The van der Waals surface area contributed by atoms with Crippen molar-refractivity contribution in [2.45, 2.75) is 32.4 Å². The maximum Gasteiger partial charge on any atom is 0.238 e. The van der Waals surface area contributed by atoms with Gasteiger partial charge in [0.2, 0.25) is 5.91 Å². The quantitative estimate of drug-likeness (QED) is 0.918. The highest BCUT2D eigenvalue weighted by Crippen LogP contribution is 2.54. The van der Waals surface area contributed by atoms with E-state index in [0.29, 0.717) is 24.6 Å². The van der Waals surface area contributed by atoms with Crippen LogP contribution in [0.25, 0.3) is 0 Å². The van der Waals surface area contributed by atoms with Crippen LogP contribution in [-0.4, -0.2) is 48.1 Å². The molecule has 1 aliphatic carbocycles. The first-order chi connectivity index (χ1) is 10.00. The average Bonchev–Trinajstić information content (AvgIpc) is 2.85. The van der Waals surface area contributed by atoms with Crippen molar-refractivity contribution in [1.29, 1.82) is 0 Å². The molecule has 0 unspecified atom stereocenters. The number of ether oxygens (including phenoxy) is 1. The first kappa shape index (κ1) is 14.5. The minimum Gasteiger partial charge on any atom is -0.377 e. The molecule has 0 aromatic carbocycles. The Kier molecular flexibility index (Phi) is 3.71. The molecule has 3 atom stereocenters. The maximum absolute atomic E-state index is 12.2. The summed E-state index contributed by atoms with van der Waals surface area (Å²) in [7, 11) is 2.03. The number of carbonyl (C=O) groups excluding carboxylic acids is 1. The lowest BCUT2D eigenvalue weighted by molar-refractivity contribution is -0.152. The van der Waals surface area contributed by atoms with Gasteiger partial charge in [0, 0.05) is 30.2 Å². The molecule has 5 nitrogen and oxygen atoms in total. The molecular weight excluding hydrogens is 266 g/mol. The van der Waals surface area contributed by atoms with E-state index in [2.05, 4.69) is 29.0 Å². The van der Waals surface area contributed by atoms with Gasteiger partial charge in [-0.2, -0.15) is 0 Å². The number of carbonyl (C=O) groups is 1. The molecule has 1 amide bonds. The normalized spacial score (nSPS) is 29.8. The second-order valence-corrected chi connectivity index (χ2v) is 6.72. The Labute approximate surface area is 125 Å². The molecule has 21 heavy (non-hydrogen) atoms. The van der Waals surface area contributed by atoms with Crippen LogP contribution in [0.1, 0.15) is 20.3 Å². The summed E-state index contributed by atoms with van der Waals surface area (Å²) in [5.41, 5.74) is 0.857. The van der Waals surface area contributed by atoms with Gasteiger partial charge in [0.25, 0.3) is 0 Å². The number of aromatic nitrogens is 1. The van der Waals surface area contributed by atoms with E-state index in [1.165, 1.54) is 0 Å². The third-order valence-corrected chi connectivity index (χ3v) is 4.85. The van der Waals surface area contributed by atoms with Crippen molar-refractivity contribution in [3.63, 3.8) is 0 Å². The number of anilines is 1. The topological polar surface area (TPSA) is 54.5 Å². The Hall–Kier alpha value is -1.46. The molecule has 2 fully saturated rings. The van der Waals surface area contributed by atoms with Crippen molar-refractivity contribution in [3.8, 4) is 0 Å². The van der Waals surface area contributed by atoms with Gasteiger partial charge in [-0.05, 0) is 25.6 Å². The summed E-state index contributed by atoms with van der Waals surface area (Å²) < 4.78 is 5.81. The summed E-state index contributed by atoms with van der Waals surface area (Å²) >= 11 is 0. The molecule has 3 rings (SSSR count). The molecule has 0 radical (unpaired) electrons. The number of rotatable bonds is 4. The van der Waals surface area contributed by atoms with E-state index in [4.69, 9.17) is 4.74 Å². The summed E-state index contributed by atoms with van der Waals surface area (Å²) in [4.78, 5) is 18.3. The predicted octanol–water partition coefficient (Wildman–Crippen LogP) is 1.77. The zero-order chi connectivity index (χ0) is 15.0. The zero-order valence-corrected chi connectivity index (χ0v) is 12.9. The van der Waals surface area contributed by atoms with Gasteiger partial charge in [-0.15, -0.1) is 0 Å². The molecule has 2 aliphatic rings. The highest BCUT2D eigenvalue weighted by atomic mass is 16.5. The second kappa shape index (κ2) is 5.39. The smallest absolute Gasteiger partial charge is 0.238 e. The largest absolute Gasteiger partial charge is 0.377 e. The van der Waals surface area contributed by atoms with Gasteiger partial charge in [-0.3, -0.25) is 14.7 Å². The number of pyridine rings is 1. The molecule has 1 aromatic heterocycles. The van der Waals surface area contributed by atoms with Crippen molar-refractivity contribution >= 4 is 11.6 Å². The van der Waals surface area contributed by atoms with Crippen molar-refractivity contribution in [2.24, 2.45) is 11.3 Å². The fourth-order valence-corrected chi connectivity index (χ4v) is 4.15. The van der Waals surface area contributed by atoms with Gasteiger partial charge in [-0.25, -0.2) is 0 Å². The Morgan fingerprint density at radius 1 is 1.57 bits per heavy atom. The number of hydrogen-bond donors (Lipinski definition) is 1. The number of hydrogen-bond acceptors (Lipinski definition) is 4. The van der Waals surface area contributed by atoms with E-state index in [0.717, 1.165) is 18.7 Å². The number of amides is 1. The minimum atomic E-state index is 0.00339. The molecule has 0 spiro atoms. The Bertz CT molecular complexity index is 518. The third kappa shape index (κ3) is 2.56. The van der Waals surface area contributed by atoms with Crippen molar-refractivity contribution < 1.29 is 9.53 Å². The van der Waals surface area contributed by atoms with Gasteiger partial charge in [0.05, 0.1) is 24.5 Å². The Morgan fingerprint density at radius 2 is 2.38 bits per heavy atom. The molecule has 1 saturated carbocycles. The van der Waals surface area contributed by atoms with Crippen LogP contribution >= 0.6 is 0 Å². The molecule has 114 valence electrons. The highest BCUT2D eigenvalue weighted by molar-refractivity contribution is 5.92. The van der Waals surface area contributed by atoms with Crippen LogP contribution in [0, 0.1) is 11.3 Å². The fraction of sp³-hybridized carbons (Fsp3) is 0.625. The second-order valence-electron chi connectivity index (χ2n) is 6.72. The van der Waals surface area contributed by atoms with E-state index < -0.39 is 0 Å². The summed E-state index contributed by atoms with van der Waals surface area (Å²) in [6.07, 6.45) is 4.81. The lowest BCUT2D eigenvalue weighted by Crippen LogP contribution is -2.66. The number of fused-ring (bicyclic) bond motifs is 1.